The Kier molecular flexibility index (Phi) is 4.17. The van der Waals surface area contributed by atoms with Crippen LogP contribution in [-0.4, -0.2) is 53.3 Å². The molecule has 2 N–H and O–H groups in total. The van der Waals surface area contributed by atoms with Crippen LogP contribution in [-0.2, 0) is 4.79 Å². The fourth-order valence-electron chi connectivity index (χ4n) is 3.76. The molecule has 2 amide bonds. The van der Waals surface area contributed by atoms with Crippen molar-refractivity contribution in [3.63, 3.8) is 0 Å². The van der Waals surface area contributed by atoms with Gasteiger partial charge in [-0.25, -0.2) is 0 Å². The van der Waals surface area contributed by atoms with Gasteiger partial charge in [0, 0.05) is 42.5 Å². The first-order valence-electron chi connectivity index (χ1n) is 8.56. The molecule has 0 saturated carbocycles. The van der Waals surface area contributed by atoms with Gasteiger partial charge in [0.05, 0.1) is 6.04 Å². The van der Waals surface area contributed by atoms with Gasteiger partial charge in [-0.05, 0) is 37.1 Å². The normalized spacial score (nSPS) is 24.3. The van der Waals surface area contributed by atoms with E-state index >= 15 is 0 Å². The topological polar surface area (TPSA) is 79.8 Å². The summed E-state index contributed by atoms with van der Waals surface area (Å²) in [6.45, 7) is 1.59. The molecule has 0 radical (unpaired) electrons. The zero-order valence-corrected chi connectivity index (χ0v) is 14.5. The number of nitrogens with two attached hydrogens (primary N) is 1. The van der Waals surface area contributed by atoms with Crippen LogP contribution in [0.3, 0.4) is 0 Å². The van der Waals surface area contributed by atoms with Gasteiger partial charge in [-0.3, -0.25) is 9.59 Å². The van der Waals surface area contributed by atoms with Crippen LogP contribution in [0.15, 0.2) is 28.7 Å². The highest BCUT2D eigenvalue weighted by Gasteiger charge is 2.40. The fourth-order valence-corrected chi connectivity index (χ4v) is 3.94. The molecule has 1 aromatic carbocycles. The number of nitrogens with zero attached hydrogens (tertiary/aromatic N) is 2. The number of carbonyl (C=O) groups is 2. The molecule has 25 heavy (non-hydrogen) atoms. The van der Waals surface area contributed by atoms with E-state index < -0.39 is 0 Å². The molecule has 2 aliphatic rings. The number of amides is 2. The van der Waals surface area contributed by atoms with E-state index in [0.29, 0.717) is 30.1 Å². The van der Waals surface area contributed by atoms with Crippen LogP contribution >= 0.6 is 11.6 Å². The van der Waals surface area contributed by atoms with Crippen molar-refractivity contribution in [3.05, 3.63) is 35.0 Å². The molecule has 2 fully saturated rings. The third kappa shape index (κ3) is 3.00. The summed E-state index contributed by atoms with van der Waals surface area (Å²) in [6, 6.07) is 6.60. The van der Waals surface area contributed by atoms with E-state index in [1.54, 1.807) is 29.2 Å². The first kappa shape index (κ1) is 16.4. The van der Waals surface area contributed by atoms with E-state index in [1.165, 1.54) is 0 Å². The number of fused-ring (bicyclic) bond motifs is 1. The maximum Gasteiger partial charge on any atom is 0.289 e. The number of likely N-dealkylation sites (tertiary alicyclic amines) is 2. The third-order valence-corrected chi connectivity index (χ3v) is 5.30. The lowest BCUT2D eigenvalue weighted by atomic mass is 10.1. The number of carbonyl (C=O) groups excluding carboxylic acids is 2. The van der Waals surface area contributed by atoms with Crippen LogP contribution in [0.1, 0.15) is 29.8 Å². The predicted molar refractivity (Wildman–Crippen MR) is 94.5 cm³/mol. The van der Waals surface area contributed by atoms with E-state index in [4.69, 9.17) is 21.8 Å². The molecule has 2 aliphatic heterocycles. The Morgan fingerprint density at radius 2 is 2.08 bits per heavy atom. The predicted octanol–water partition coefficient (Wildman–Crippen LogP) is 2.25. The van der Waals surface area contributed by atoms with Crippen LogP contribution in [0.4, 0.5) is 0 Å². The quantitative estimate of drug-likeness (QED) is 0.889. The number of piperidine rings is 1. The van der Waals surface area contributed by atoms with Crippen LogP contribution < -0.4 is 5.73 Å². The number of benzene rings is 1. The Bertz CT molecular complexity index is 834. The number of hydrogen-bond donors (Lipinski definition) is 1. The second-order valence-corrected chi connectivity index (χ2v) is 7.21. The summed E-state index contributed by atoms with van der Waals surface area (Å²) in [4.78, 5) is 28.5. The molecule has 6 nitrogen and oxygen atoms in total. The molecule has 2 aromatic rings. The van der Waals surface area contributed by atoms with E-state index in [0.717, 1.165) is 24.8 Å². The zero-order valence-electron chi connectivity index (χ0n) is 13.8. The maximum absolute atomic E-state index is 12.8. The lowest BCUT2D eigenvalue weighted by molar-refractivity contribution is -0.135. The second kappa shape index (κ2) is 6.35. The highest BCUT2D eigenvalue weighted by molar-refractivity contribution is 6.31. The van der Waals surface area contributed by atoms with Crippen molar-refractivity contribution in [2.75, 3.05) is 19.6 Å². The minimum atomic E-state index is -0.232. The zero-order chi connectivity index (χ0) is 17.6. The first-order chi connectivity index (χ1) is 12.0. The lowest BCUT2D eigenvalue weighted by Crippen LogP contribution is -2.51. The minimum Gasteiger partial charge on any atom is -0.451 e. The van der Waals surface area contributed by atoms with Crippen LogP contribution in [0.25, 0.3) is 11.0 Å². The number of furan rings is 1. The smallest absolute Gasteiger partial charge is 0.289 e. The molecule has 7 heteroatoms. The Hall–Kier alpha value is -2.05. The van der Waals surface area contributed by atoms with Gasteiger partial charge in [-0.1, -0.05) is 11.6 Å². The molecular formula is C18H20ClN3O3. The van der Waals surface area contributed by atoms with Gasteiger partial charge in [0.2, 0.25) is 5.91 Å². The average molecular weight is 362 g/mol. The SMILES string of the molecule is NC1CN(C(=O)c2cc3cc(Cl)ccc3o2)CC1N1CCCCC1=O. The molecule has 132 valence electrons. The van der Waals surface area contributed by atoms with Crippen molar-refractivity contribution in [1.29, 1.82) is 0 Å². The minimum absolute atomic E-state index is 0.115. The van der Waals surface area contributed by atoms with Crippen molar-refractivity contribution < 1.29 is 14.0 Å². The van der Waals surface area contributed by atoms with Crippen LogP contribution in [0, 0.1) is 0 Å². The Labute approximate surface area is 150 Å². The molecule has 4 rings (SSSR count). The summed E-state index contributed by atoms with van der Waals surface area (Å²) >= 11 is 5.98. The highest BCUT2D eigenvalue weighted by Crippen LogP contribution is 2.26. The Balaban J connectivity index is 1.53. The number of rotatable bonds is 2. The van der Waals surface area contributed by atoms with Gasteiger partial charge in [0.1, 0.15) is 5.58 Å². The first-order valence-corrected chi connectivity index (χ1v) is 8.94. The molecule has 2 unspecified atom stereocenters. The number of hydrogen-bond acceptors (Lipinski definition) is 4. The van der Waals surface area contributed by atoms with Crippen molar-refractivity contribution >= 4 is 34.4 Å². The largest absolute Gasteiger partial charge is 0.451 e. The Morgan fingerprint density at radius 3 is 2.88 bits per heavy atom. The van der Waals surface area contributed by atoms with E-state index in [9.17, 15) is 9.59 Å². The fraction of sp³-hybridized carbons (Fsp3) is 0.444. The summed E-state index contributed by atoms with van der Waals surface area (Å²) in [5.74, 6) is 0.212. The average Bonchev–Trinajstić information content (AvgIpc) is 3.18. The van der Waals surface area contributed by atoms with Gasteiger partial charge in [-0.2, -0.15) is 0 Å². The van der Waals surface area contributed by atoms with E-state index in [2.05, 4.69) is 0 Å². The summed E-state index contributed by atoms with van der Waals surface area (Å²) < 4.78 is 5.66. The third-order valence-electron chi connectivity index (χ3n) is 5.07. The van der Waals surface area contributed by atoms with E-state index in [-0.39, 0.29) is 29.7 Å². The van der Waals surface area contributed by atoms with Crippen molar-refractivity contribution in [2.24, 2.45) is 5.73 Å². The van der Waals surface area contributed by atoms with Gasteiger partial charge in [0.15, 0.2) is 5.76 Å². The van der Waals surface area contributed by atoms with Gasteiger partial charge >= 0.3 is 0 Å². The summed E-state index contributed by atoms with van der Waals surface area (Å²) in [6.07, 6.45) is 2.50. The molecule has 1 aromatic heterocycles. The van der Waals surface area contributed by atoms with Gasteiger partial charge in [0.25, 0.3) is 5.91 Å². The monoisotopic (exact) mass is 361 g/mol. The standard InChI is InChI=1S/C18H20ClN3O3/c19-12-4-5-15-11(7-12)8-16(25-15)18(24)21-9-13(20)14(10-21)22-6-2-1-3-17(22)23/h4-5,7-8,13-14H,1-3,6,9-10,20H2. The van der Waals surface area contributed by atoms with Gasteiger partial charge in [-0.15, -0.1) is 0 Å². The summed E-state index contributed by atoms with van der Waals surface area (Å²) in [5, 5.41) is 1.39. The molecule has 0 aliphatic carbocycles. The van der Waals surface area contributed by atoms with Crippen molar-refractivity contribution in [3.8, 4) is 0 Å². The second-order valence-electron chi connectivity index (χ2n) is 6.78. The highest BCUT2D eigenvalue weighted by atomic mass is 35.5. The molecule has 2 atom stereocenters. The Morgan fingerprint density at radius 1 is 1.24 bits per heavy atom. The lowest BCUT2D eigenvalue weighted by Gasteiger charge is -2.34. The van der Waals surface area contributed by atoms with Crippen LogP contribution in [0.2, 0.25) is 5.02 Å². The summed E-state index contributed by atoms with van der Waals surface area (Å²) in [7, 11) is 0. The van der Waals surface area contributed by atoms with Crippen molar-refractivity contribution in [1.82, 2.24) is 9.80 Å². The number of halogens is 1. The molecule has 2 saturated heterocycles. The molecule has 3 heterocycles. The molecule has 0 bridgehead atoms. The van der Waals surface area contributed by atoms with Crippen molar-refractivity contribution in [2.45, 2.75) is 31.3 Å². The maximum atomic E-state index is 12.8. The molecular weight excluding hydrogens is 342 g/mol. The van der Waals surface area contributed by atoms with Gasteiger partial charge < -0.3 is 20.0 Å². The van der Waals surface area contributed by atoms with Crippen LogP contribution in [0.5, 0.6) is 0 Å². The van der Waals surface area contributed by atoms with E-state index in [1.807, 2.05) is 4.90 Å². The molecule has 0 spiro atoms. The summed E-state index contributed by atoms with van der Waals surface area (Å²) in [5.41, 5.74) is 6.86.